The van der Waals surface area contributed by atoms with Gasteiger partial charge in [-0.2, -0.15) is 0 Å². The van der Waals surface area contributed by atoms with Crippen molar-refractivity contribution >= 4 is 23.5 Å². The minimum atomic E-state index is -1.22. The number of hydrogen-bond acceptors (Lipinski definition) is 5. The summed E-state index contributed by atoms with van der Waals surface area (Å²) in [6, 6.07) is 5.02. The molecule has 0 atom stereocenters. The van der Waals surface area contributed by atoms with Crippen LogP contribution >= 0.6 is 0 Å². The predicted molar refractivity (Wildman–Crippen MR) is 89.4 cm³/mol. The molecule has 0 saturated carbocycles. The van der Waals surface area contributed by atoms with Gasteiger partial charge in [0, 0.05) is 17.3 Å². The molecule has 1 aromatic heterocycles. The zero-order chi connectivity index (χ0) is 18.6. The normalized spacial score (nSPS) is 10.6. The second kappa shape index (κ2) is 7.56. The third-order valence-corrected chi connectivity index (χ3v) is 3.25. The minimum absolute atomic E-state index is 0.000827. The van der Waals surface area contributed by atoms with Crippen LogP contribution in [-0.4, -0.2) is 43.9 Å². The van der Waals surface area contributed by atoms with Crippen molar-refractivity contribution in [3.05, 3.63) is 41.2 Å². The van der Waals surface area contributed by atoms with Crippen LogP contribution in [0.3, 0.4) is 0 Å². The number of aryl methyl sites for hydroxylation is 1. The molecule has 0 fully saturated rings. The van der Waals surface area contributed by atoms with Crippen LogP contribution in [0.5, 0.6) is 0 Å². The SMILES string of the molecule is Cc1ccc(NC(=O)Cn2cc(C(=O)O)nn2)cc1C(=O)NC(C)C. The Bertz CT molecular complexity index is 813. The number of aromatic nitrogens is 3. The number of hydrogen-bond donors (Lipinski definition) is 3. The number of aromatic carboxylic acids is 1. The van der Waals surface area contributed by atoms with Crippen LogP contribution in [0.25, 0.3) is 0 Å². The molecule has 1 heterocycles. The van der Waals surface area contributed by atoms with Crippen LogP contribution in [0.2, 0.25) is 0 Å². The molecule has 0 aliphatic carbocycles. The number of nitrogens with zero attached hydrogens (tertiary/aromatic N) is 3. The molecule has 0 spiro atoms. The monoisotopic (exact) mass is 345 g/mol. The fraction of sp³-hybridized carbons (Fsp3) is 0.312. The molecule has 0 saturated heterocycles. The van der Waals surface area contributed by atoms with Crippen LogP contribution in [0.1, 0.15) is 40.3 Å². The first-order valence-corrected chi connectivity index (χ1v) is 7.61. The summed E-state index contributed by atoms with van der Waals surface area (Å²) in [7, 11) is 0. The van der Waals surface area contributed by atoms with Crippen molar-refractivity contribution in [1.82, 2.24) is 20.3 Å². The first-order chi connectivity index (χ1) is 11.8. The maximum absolute atomic E-state index is 12.2. The number of carbonyl (C=O) groups excluding carboxylic acids is 2. The van der Waals surface area contributed by atoms with E-state index in [1.807, 2.05) is 20.8 Å². The summed E-state index contributed by atoms with van der Waals surface area (Å²) in [5, 5.41) is 21.2. The number of carboxylic acid groups (broad SMARTS) is 1. The number of amides is 2. The lowest BCUT2D eigenvalue weighted by Crippen LogP contribution is -2.30. The van der Waals surface area contributed by atoms with E-state index >= 15 is 0 Å². The maximum atomic E-state index is 12.2. The smallest absolute Gasteiger partial charge is 0.358 e. The highest BCUT2D eigenvalue weighted by molar-refractivity contribution is 5.98. The Morgan fingerprint density at radius 3 is 2.60 bits per heavy atom. The van der Waals surface area contributed by atoms with Crippen molar-refractivity contribution in [2.75, 3.05) is 5.32 Å². The van der Waals surface area contributed by atoms with Gasteiger partial charge in [-0.3, -0.25) is 9.59 Å². The Morgan fingerprint density at radius 1 is 1.28 bits per heavy atom. The third kappa shape index (κ3) is 4.87. The summed E-state index contributed by atoms with van der Waals surface area (Å²) in [6.07, 6.45) is 1.17. The molecule has 0 aliphatic heterocycles. The van der Waals surface area contributed by atoms with Crippen LogP contribution in [-0.2, 0) is 11.3 Å². The van der Waals surface area contributed by atoms with Gasteiger partial charge < -0.3 is 15.7 Å². The van der Waals surface area contributed by atoms with E-state index in [9.17, 15) is 14.4 Å². The first-order valence-electron chi connectivity index (χ1n) is 7.61. The summed E-state index contributed by atoms with van der Waals surface area (Å²) in [4.78, 5) is 35.0. The van der Waals surface area contributed by atoms with E-state index in [-0.39, 0.29) is 24.2 Å². The quantitative estimate of drug-likeness (QED) is 0.718. The van der Waals surface area contributed by atoms with Gasteiger partial charge in [-0.05, 0) is 38.5 Å². The van der Waals surface area contributed by atoms with E-state index in [1.54, 1.807) is 18.2 Å². The van der Waals surface area contributed by atoms with Gasteiger partial charge in [0.15, 0.2) is 5.69 Å². The Labute approximate surface area is 144 Å². The molecule has 2 aromatic rings. The molecule has 132 valence electrons. The van der Waals surface area contributed by atoms with E-state index in [0.717, 1.165) is 10.2 Å². The number of nitrogens with one attached hydrogen (secondary N) is 2. The second-order valence-corrected chi connectivity index (χ2v) is 5.81. The van der Waals surface area contributed by atoms with Gasteiger partial charge in [0.1, 0.15) is 6.54 Å². The topological polar surface area (TPSA) is 126 Å². The van der Waals surface area contributed by atoms with Crippen LogP contribution in [0.4, 0.5) is 5.69 Å². The van der Waals surface area contributed by atoms with E-state index in [0.29, 0.717) is 11.3 Å². The molecular weight excluding hydrogens is 326 g/mol. The summed E-state index contributed by atoms with van der Waals surface area (Å²) in [5.74, 6) is -1.85. The molecule has 3 N–H and O–H groups in total. The van der Waals surface area contributed by atoms with Gasteiger partial charge in [-0.25, -0.2) is 9.48 Å². The molecule has 9 heteroatoms. The molecular formula is C16H19N5O4. The number of benzene rings is 1. The Balaban J connectivity index is 2.07. The summed E-state index contributed by atoms with van der Waals surface area (Å²) in [6.45, 7) is 5.34. The molecule has 0 bridgehead atoms. The standard InChI is InChI=1S/C16H19N5O4/c1-9(2)17-15(23)12-6-11(5-4-10(12)3)18-14(22)8-21-7-13(16(24)25)19-20-21/h4-7,9H,8H2,1-3H3,(H,17,23)(H,18,22)(H,24,25). The number of carboxylic acids is 1. The average Bonchev–Trinajstić information content (AvgIpc) is 2.97. The maximum Gasteiger partial charge on any atom is 0.358 e. The highest BCUT2D eigenvalue weighted by atomic mass is 16.4. The number of carbonyl (C=O) groups is 3. The fourth-order valence-electron chi connectivity index (χ4n) is 2.11. The zero-order valence-corrected chi connectivity index (χ0v) is 14.1. The molecule has 2 amide bonds. The van der Waals surface area contributed by atoms with Crippen LogP contribution in [0, 0.1) is 6.92 Å². The average molecular weight is 345 g/mol. The molecule has 9 nitrogen and oxygen atoms in total. The molecule has 0 aliphatic rings. The summed E-state index contributed by atoms with van der Waals surface area (Å²) >= 11 is 0. The van der Waals surface area contributed by atoms with Crippen molar-refractivity contribution in [2.24, 2.45) is 0 Å². The second-order valence-electron chi connectivity index (χ2n) is 5.81. The molecule has 0 radical (unpaired) electrons. The number of rotatable bonds is 6. The molecule has 1 aromatic carbocycles. The van der Waals surface area contributed by atoms with Crippen molar-refractivity contribution in [3.63, 3.8) is 0 Å². The highest BCUT2D eigenvalue weighted by Crippen LogP contribution is 2.15. The van der Waals surface area contributed by atoms with Gasteiger partial charge in [0.25, 0.3) is 5.91 Å². The molecule has 2 rings (SSSR count). The van der Waals surface area contributed by atoms with E-state index < -0.39 is 11.9 Å². The van der Waals surface area contributed by atoms with E-state index in [2.05, 4.69) is 20.9 Å². The highest BCUT2D eigenvalue weighted by Gasteiger charge is 2.13. The van der Waals surface area contributed by atoms with Crippen molar-refractivity contribution < 1.29 is 19.5 Å². The Hall–Kier alpha value is -3.23. The molecule has 25 heavy (non-hydrogen) atoms. The Kier molecular flexibility index (Phi) is 5.48. The summed E-state index contributed by atoms with van der Waals surface area (Å²) < 4.78 is 1.12. The van der Waals surface area contributed by atoms with Gasteiger partial charge in [-0.15, -0.1) is 5.10 Å². The number of anilines is 1. The summed E-state index contributed by atoms with van der Waals surface area (Å²) in [5.41, 5.74) is 1.48. The predicted octanol–water partition coefficient (Wildman–Crippen LogP) is 1.06. The van der Waals surface area contributed by atoms with Gasteiger partial charge >= 0.3 is 5.97 Å². The first kappa shape index (κ1) is 18.1. The Morgan fingerprint density at radius 2 is 2.00 bits per heavy atom. The van der Waals surface area contributed by atoms with Gasteiger partial charge in [0.05, 0.1) is 6.20 Å². The fourth-order valence-corrected chi connectivity index (χ4v) is 2.11. The van der Waals surface area contributed by atoms with Crippen molar-refractivity contribution in [1.29, 1.82) is 0 Å². The van der Waals surface area contributed by atoms with Crippen LogP contribution in [0.15, 0.2) is 24.4 Å². The zero-order valence-electron chi connectivity index (χ0n) is 14.1. The van der Waals surface area contributed by atoms with Crippen molar-refractivity contribution in [3.8, 4) is 0 Å². The van der Waals surface area contributed by atoms with Crippen LogP contribution < -0.4 is 10.6 Å². The third-order valence-electron chi connectivity index (χ3n) is 3.25. The lowest BCUT2D eigenvalue weighted by Gasteiger charge is -2.12. The lowest BCUT2D eigenvalue weighted by atomic mass is 10.1. The van der Waals surface area contributed by atoms with Crippen molar-refractivity contribution in [2.45, 2.75) is 33.4 Å². The minimum Gasteiger partial charge on any atom is -0.476 e. The van der Waals surface area contributed by atoms with Gasteiger partial charge in [0.2, 0.25) is 5.91 Å². The molecule has 0 unspecified atom stereocenters. The van der Waals surface area contributed by atoms with E-state index in [4.69, 9.17) is 5.11 Å². The largest absolute Gasteiger partial charge is 0.476 e. The lowest BCUT2D eigenvalue weighted by molar-refractivity contribution is -0.116. The van der Waals surface area contributed by atoms with Gasteiger partial charge in [-0.1, -0.05) is 11.3 Å². The van der Waals surface area contributed by atoms with E-state index in [1.165, 1.54) is 6.20 Å².